The first-order valence-electron chi connectivity index (χ1n) is 7.91. The fourth-order valence-electron chi connectivity index (χ4n) is 3.54. The van der Waals surface area contributed by atoms with Gasteiger partial charge in [0.2, 0.25) is 0 Å². The minimum absolute atomic E-state index is 0.0893. The molecule has 1 aromatic carbocycles. The van der Waals surface area contributed by atoms with Gasteiger partial charge < -0.3 is 14.6 Å². The number of aromatic nitrogens is 3. The number of allylic oxidation sites excluding steroid dienone is 1. The van der Waals surface area contributed by atoms with E-state index in [0.717, 1.165) is 23.8 Å². The summed E-state index contributed by atoms with van der Waals surface area (Å²) in [5.74, 6) is 1.89. The highest BCUT2D eigenvalue weighted by Gasteiger charge is 2.36. The number of aliphatic hydroxyl groups excluding tert-OH is 1. The average Bonchev–Trinajstić information content (AvgIpc) is 3.09. The predicted molar refractivity (Wildman–Crippen MR) is 88.3 cm³/mol. The van der Waals surface area contributed by atoms with Crippen LogP contribution in [0.15, 0.2) is 42.1 Å². The lowest BCUT2D eigenvalue weighted by molar-refractivity contribution is 0.269. The molecule has 0 radical (unpaired) electrons. The van der Waals surface area contributed by atoms with Gasteiger partial charge in [-0.1, -0.05) is 30.3 Å². The Kier molecular flexibility index (Phi) is 3.31. The zero-order valence-electron chi connectivity index (χ0n) is 13.3. The molecule has 2 aromatic rings. The summed E-state index contributed by atoms with van der Waals surface area (Å²) in [7, 11) is 0. The summed E-state index contributed by atoms with van der Waals surface area (Å²) in [6, 6.07) is 8.72. The quantitative estimate of drug-likeness (QED) is 0.946. The molecule has 2 aliphatic heterocycles. The highest BCUT2D eigenvalue weighted by atomic mass is 16.3. The number of aryl methyl sites for hydroxylation is 1. The first-order chi connectivity index (χ1) is 11.2. The van der Waals surface area contributed by atoms with Crippen LogP contribution < -0.4 is 0 Å². The van der Waals surface area contributed by atoms with E-state index in [0.29, 0.717) is 6.04 Å². The third-order valence-corrected chi connectivity index (χ3v) is 4.77. The third kappa shape index (κ3) is 2.28. The van der Waals surface area contributed by atoms with Gasteiger partial charge >= 0.3 is 0 Å². The lowest BCUT2D eigenvalue weighted by Gasteiger charge is -2.32. The Labute approximate surface area is 135 Å². The Morgan fingerprint density at radius 3 is 2.52 bits per heavy atom. The van der Waals surface area contributed by atoms with Crippen molar-refractivity contribution < 1.29 is 5.11 Å². The Hall–Kier alpha value is -2.40. The summed E-state index contributed by atoms with van der Waals surface area (Å²) in [6.45, 7) is 5.11. The van der Waals surface area contributed by atoms with Gasteiger partial charge in [0, 0.05) is 12.2 Å². The largest absolute Gasteiger partial charge is 0.392 e. The van der Waals surface area contributed by atoms with E-state index >= 15 is 0 Å². The van der Waals surface area contributed by atoms with Crippen LogP contribution in [0.1, 0.15) is 35.7 Å². The van der Waals surface area contributed by atoms with Crippen LogP contribution in [-0.2, 0) is 13.2 Å². The molecular weight excluding hydrogens is 288 g/mol. The number of fused-ring (bicyclic) bond motifs is 3. The topological polar surface area (TPSA) is 54.2 Å². The van der Waals surface area contributed by atoms with Crippen LogP contribution in [0.3, 0.4) is 0 Å². The summed E-state index contributed by atoms with van der Waals surface area (Å²) in [6.07, 6.45) is 6.59. The Balaban J connectivity index is 1.61. The summed E-state index contributed by atoms with van der Waals surface area (Å²) in [4.78, 5) is 2.41. The zero-order chi connectivity index (χ0) is 16.0. The molecule has 0 fully saturated rings. The Morgan fingerprint density at radius 2 is 1.78 bits per heavy atom. The van der Waals surface area contributed by atoms with Crippen molar-refractivity contribution in [3.63, 3.8) is 0 Å². The smallest absolute Gasteiger partial charge is 0.157 e. The molecule has 0 bridgehead atoms. The van der Waals surface area contributed by atoms with Crippen LogP contribution in [0, 0.1) is 6.92 Å². The van der Waals surface area contributed by atoms with E-state index in [-0.39, 0.29) is 12.6 Å². The molecule has 1 aromatic heterocycles. The van der Waals surface area contributed by atoms with Crippen molar-refractivity contribution in [1.82, 2.24) is 19.7 Å². The molecule has 4 rings (SSSR count). The molecule has 1 N–H and O–H groups in total. The molecule has 118 valence electrons. The standard InChI is InChI=1S/C18H20N4O/c1-12-9-17-16(7-8-18-20-19-13(2)22(17)18)21(12)10-14-3-5-15(11-23)6-4-14/h3-9,16-17,23H,10-11H2,1-2H3. The fraction of sp³-hybridized carbons (Fsp3) is 0.333. The molecule has 2 aliphatic rings. The van der Waals surface area contributed by atoms with Gasteiger partial charge in [-0.25, -0.2) is 0 Å². The third-order valence-electron chi connectivity index (χ3n) is 4.77. The van der Waals surface area contributed by atoms with Crippen molar-refractivity contribution in [2.24, 2.45) is 0 Å². The molecule has 0 saturated carbocycles. The lowest BCUT2D eigenvalue weighted by Crippen LogP contribution is -2.35. The van der Waals surface area contributed by atoms with Crippen LogP contribution in [0.2, 0.25) is 0 Å². The van der Waals surface area contributed by atoms with Crippen molar-refractivity contribution in [3.05, 3.63) is 64.9 Å². The first kappa shape index (κ1) is 14.2. The predicted octanol–water partition coefficient (Wildman–Crippen LogP) is 2.43. The normalized spacial score (nSPS) is 22.0. The molecule has 2 unspecified atom stereocenters. The van der Waals surface area contributed by atoms with E-state index in [1.807, 2.05) is 19.1 Å². The van der Waals surface area contributed by atoms with Crippen molar-refractivity contribution in [3.8, 4) is 0 Å². The van der Waals surface area contributed by atoms with Gasteiger partial charge in [0.1, 0.15) is 5.82 Å². The molecule has 0 aliphatic carbocycles. The van der Waals surface area contributed by atoms with Crippen molar-refractivity contribution in [2.45, 2.75) is 39.1 Å². The molecule has 0 saturated heterocycles. The van der Waals surface area contributed by atoms with Gasteiger partial charge in [-0.05, 0) is 37.1 Å². The first-order valence-corrected chi connectivity index (χ1v) is 7.91. The Morgan fingerprint density at radius 1 is 1.04 bits per heavy atom. The second kappa shape index (κ2) is 5.35. The van der Waals surface area contributed by atoms with E-state index in [4.69, 9.17) is 5.11 Å². The van der Waals surface area contributed by atoms with Crippen molar-refractivity contribution >= 4 is 6.08 Å². The average molecular weight is 308 g/mol. The molecule has 0 amide bonds. The van der Waals surface area contributed by atoms with Crippen LogP contribution in [0.4, 0.5) is 0 Å². The van der Waals surface area contributed by atoms with Crippen molar-refractivity contribution in [2.75, 3.05) is 0 Å². The molecular formula is C18H20N4O. The number of aliphatic hydroxyl groups is 1. The SMILES string of the molecule is CC1=CC2C(C=Cc3nnc(C)n32)N1Cc1ccc(CO)cc1. The number of hydrogen-bond acceptors (Lipinski definition) is 4. The Bertz CT molecular complexity index is 788. The number of hydrogen-bond donors (Lipinski definition) is 1. The minimum Gasteiger partial charge on any atom is -0.392 e. The molecule has 23 heavy (non-hydrogen) atoms. The van der Waals surface area contributed by atoms with Gasteiger partial charge in [-0.2, -0.15) is 0 Å². The van der Waals surface area contributed by atoms with Gasteiger partial charge in [-0.15, -0.1) is 10.2 Å². The van der Waals surface area contributed by atoms with Crippen LogP contribution >= 0.6 is 0 Å². The molecule has 5 heteroatoms. The van der Waals surface area contributed by atoms with Crippen molar-refractivity contribution in [1.29, 1.82) is 0 Å². The number of rotatable bonds is 3. The number of benzene rings is 1. The fourth-order valence-corrected chi connectivity index (χ4v) is 3.54. The maximum absolute atomic E-state index is 9.16. The van der Waals surface area contributed by atoms with Gasteiger partial charge in [0.15, 0.2) is 5.82 Å². The van der Waals surface area contributed by atoms with Gasteiger partial charge in [0.25, 0.3) is 0 Å². The van der Waals surface area contributed by atoms with E-state index in [2.05, 4.69) is 56.9 Å². The molecule has 2 atom stereocenters. The molecule has 0 spiro atoms. The summed E-state index contributed by atoms with van der Waals surface area (Å²) < 4.78 is 2.21. The minimum atomic E-state index is 0.0893. The maximum Gasteiger partial charge on any atom is 0.157 e. The van der Waals surface area contributed by atoms with Crippen LogP contribution in [-0.4, -0.2) is 30.8 Å². The van der Waals surface area contributed by atoms with Crippen LogP contribution in [0.5, 0.6) is 0 Å². The van der Waals surface area contributed by atoms with Gasteiger partial charge in [0.05, 0.1) is 18.7 Å². The maximum atomic E-state index is 9.16. The van der Waals surface area contributed by atoms with Gasteiger partial charge in [-0.3, -0.25) is 0 Å². The summed E-state index contributed by atoms with van der Waals surface area (Å²) >= 11 is 0. The van der Waals surface area contributed by atoms with E-state index < -0.39 is 0 Å². The van der Waals surface area contributed by atoms with Crippen LogP contribution in [0.25, 0.3) is 6.08 Å². The van der Waals surface area contributed by atoms with E-state index in [1.165, 1.54) is 11.3 Å². The number of nitrogens with zero attached hydrogens (tertiary/aromatic N) is 4. The highest BCUT2D eigenvalue weighted by Crippen LogP contribution is 2.37. The monoisotopic (exact) mass is 308 g/mol. The highest BCUT2D eigenvalue weighted by molar-refractivity contribution is 5.48. The summed E-state index contributed by atoms with van der Waals surface area (Å²) in [5.41, 5.74) is 3.47. The summed E-state index contributed by atoms with van der Waals surface area (Å²) in [5, 5.41) is 17.6. The molecule has 5 nitrogen and oxygen atoms in total. The lowest BCUT2D eigenvalue weighted by atomic mass is 10.0. The second-order valence-electron chi connectivity index (χ2n) is 6.23. The second-order valence-corrected chi connectivity index (χ2v) is 6.23. The molecule has 3 heterocycles. The zero-order valence-corrected chi connectivity index (χ0v) is 13.3. The van der Waals surface area contributed by atoms with E-state index in [1.54, 1.807) is 0 Å². The van der Waals surface area contributed by atoms with E-state index in [9.17, 15) is 0 Å².